The molecule has 9 heavy (non-hydrogen) atoms. The first-order chi connectivity index (χ1) is 4.09. The van der Waals surface area contributed by atoms with E-state index in [1.165, 1.54) is 12.1 Å². The fourth-order valence-corrected chi connectivity index (χ4v) is 0.467. The van der Waals surface area contributed by atoms with Crippen LogP contribution in [0.5, 0.6) is 0 Å². The Morgan fingerprint density at radius 2 is 2.00 bits per heavy atom. The molecule has 0 aliphatic heterocycles. The van der Waals surface area contributed by atoms with Crippen LogP contribution in [0, 0.1) is 0 Å². The standard InChI is InChI=1S/C4H11N3O2/c1-5-7(4(8)9)6(2)3/h5H,1-3H3,(H,8,9). The summed E-state index contributed by atoms with van der Waals surface area (Å²) in [5.74, 6) is 0. The lowest BCUT2D eigenvalue weighted by Crippen LogP contribution is -2.48. The van der Waals surface area contributed by atoms with Crippen molar-refractivity contribution in [2.45, 2.75) is 0 Å². The monoisotopic (exact) mass is 133 g/mol. The van der Waals surface area contributed by atoms with E-state index in [9.17, 15) is 4.79 Å². The summed E-state index contributed by atoms with van der Waals surface area (Å²) in [6, 6.07) is 0. The van der Waals surface area contributed by atoms with E-state index in [2.05, 4.69) is 5.43 Å². The fourth-order valence-electron chi connectivity index (χ4n) is 0.467. The SMILES string of the molecule is CNN(C(=O)O)N(C)C. The number of amides is 1. The number of hydrazine groups is 2. The van der Waals surface area contributed by atoms with Gasteiger partial charge in [-0.1, -0.05) is 0 Å². The second kappa shape index (κ2) is 3.26. The molecule has 0 bridgehead atoms. The van der Waals surface area contributed by atoms with Crippen molar-refractivity contribution in [3.8, 4) is 0 Å². The topological polar surface area (TPSA) is 55.8 Å². The van der Waals surface area contributed by atoms with Crippen molar-refractivity contribution in [1.82, 2.24) is 15.6 Å². The summed E-state index contributed by atoms with van der Waals surface area (Å²) in [4.78, 5) is 10.2. The van der Waals surface area contributed by atoms with Gasteiger partial charge in [-0.05, 0) is 0 Å². The maximum absolute atomic E-state index is 10.2. The molecule has 0 atom stereocenters. The van der Waals surface area contributed by atoms with Crippen LogP contribution < -0.4 is 5.43 Å². The Bertz CT molecular complexity index is 104. The highest BCUT2D eigenvalue weighted by molar-refractivity contribution is 5.63. The molecule has 0 unspecified atom stereocenters. The molecular formula is C4H11N3O2. The molecule has 0 saturated carbocycles. The van der Waals surface area contributed by atoms with E-state index in [-0.39, 0.29) is 0 Å². The van der Waals surface area contributed by atoms with Crippen LogP contribution in [0.4, 0.5) is 4.79 Å². The molecule has 5 nitrogen and oxygen atoms in total. The molecule has 0 aliphatic carbocycles. The predicted molar refractivity (Wildman–Crippen MR) is 32.6 cm³/mol. The van der Waals surface area contributed by atoms with Gasteiger partial charge in [-0.15, -0.1) is 0 Å². The fraction of sp³-hybridized carbons (Fsp3) is 0.750. The molecule has 0 heterocycles. The lowest BCUT2D eigenvalue weighted by Gasteiger charge is -2.23. The Labute approximate surface area is 53.8 Å². The van der Waals surface area contributed by atoms with Gasteiger partial charge < -0.3 is 5.11 Å². The lowest BCUT2D eigenvalue weighted by atomic mass is 11.0. The van der Waals surface area contributed by atoms with Crippen LogP contribution in [0.25, 0.3) is 0 Å². The largest absolute Gasteiger partial charge is 0.463 e. The Morgan fingerprint density at radius 3 is 2.00 bits per heavy atom. The Morgan fingerprint density at radius 1 is 1.56 bits per heavy atom. The molecular weight excluding hydrogens is 122 g/mol. The van der Waals surface area contributed by atoms with Crippen molar-refractivity contribution in [3.63, 3.8) is 0 Å². The molecule has 0 rings (SSSR count). The van der Waals surface area contributed by atoms with Crippen molar-refractivity contribution in [3.05, 3.63) is 0 Å². The summed E-state index contributed by atoms with van der Waals surface area (Å²) in [5, 5.41) is 10.7. The van der Waals surface area contributed by atoms with E-state index in [1.54, 1.807) is 14.1 Å². The highest BCUT2D eigenvalue weighted by Gasteiger charge is 2.09. The zero-order valence-corrected chi connectivity index (χ0v) is 5.75. The summed E-state index contributed by atoms with van der Waals surface area (Å²) in [5.41, 5.74) is 2.46. The quantitative estimate of drug-likeness (QED) is 0.502. The zero-order chi connectivity index (χ0) is 7.44. The van der Waals surface area contributed by atoms with Crippen molar-refractivity contribution in [1.29, 1.82) is 0 Å². The van der Waals surface area contributed by atoms with Crippen LogP contribution in [0.1, 0.15) is 0 Å². The minimum absolute atomic E-state index is 0.958. The molecule has 0 radical (unpaired) electrons. The first-order valence-corrected chi connectivity index (χ1v) is 2.47. The van der Waals surface area contributed by atoms with Gasteiger partial charge in [-0.25, -0.2) is 15.2 Å². The van der Waals surface area contributed by atoms with Crippen LogP contribution in [-0.2, 0) is 0 Å². The van der Waals surface area contributed by atoms with E-state index in [0.29, 0.717) is 0 Å². The van der Waals surface area contributed by atoms with Crippen LogP contribution >= 0.6 is 0 Å². The molecule has 2 N–H and O–H groups in total. The van der Waals surface area contributed by atoms with Gasteiger partial charge in [0, 0.05) is 21.1 Å². The van der Waals surface area contributed by atoms with Gasteiger partial charge in [0.2, 0.25) is 0 Å². The van der Waals surface area contributed by atoms with Crippen molar-refractivity contribution in [2.24, 2.45) is 0 Å². The Balaban J connectivity index is 3.83. The molecule has 5 heteroatoms. The number of carboxylic acid groups (broad SMARTS) is 1. The minimum Gasteiger partial charge on any atom is -0.463 e. The third-order valence-electron chi connectivity index (χ3n) is 0.793. The number of nitrogens with zero attached hydrogens (tertiary/aromatic N) is 2. The van der Waals surface area contributed by atoms with Gasteiger partial charge in [0.05, 0.1) is 0 Å². The third kappa shape index (κ3) is 2.29. The van der Waals surface area contributed by atoms with E-state index in [1.807, 2.05) is 0 Å². The van der Waals surface area contributed by atoms with Gasteiger partial charge in [0.15, 0.2) is 0 Å². The van der Waals surface area contributed by atoms with E-state index in [0.717, 1.165) is 5.12 Å². The van der Waals surface area contributed by atoms with Crippen LogP contribution in [0.15, 0.2) is 0 Å². The third-order valence-corrected chi connectivity index (χ3v) is 0.793. The number of carbonyl (C=O) groups is 1. The number of nitrogens with one attached hydrogen (secondary N) is 1. The second-order valence-electron chi connectivity index (χ2n) is 1.67. The number of rotatable bonds is 2. The summed E-state index contributed by atoms with van der Waals surface area (Å²) >= 11 is 0. The molecule has 1 amide bonds. The van der Waals surface area contributed by atoms with Gasteiger partial charge >= 0.3 is 6.09 Å². The molecule has 0 saturated heterocycles. The molecule has 0 aromatic rings. The smallest absolute Gasteiger partial charge is 0.437 e. The average molecular weight is 133 g/mol. The van der Waals surface area contributed by atoms with E-state index in [4.69, 9.17) is 5.11 Å². The molecule has 0 spiro atoms. The number of hydrogen-bond donors (Lipinski definition) is 2. The Hall–Kier alpha value is -0.810. The van der Waals surface area contributed by atoms with E-state index < -0.39 is 6.09 Å². The summed E-state index contributed by atoms with van der Waals surface area (Å²) in [7, 11) is 4.80. The maximum atomic E-state index is 10.2. The van der Waals surface area contributed by atoms with Gasteiger partial charge in [-0.3, -0.25) is 0 Å². The van der Waals surface area contributed by atoms with Crippen LogP contribution in [0.3, 0.4) is 0 Å². The second-order valence-corrected chi connectivity index (χ2v) is 1.67. The first kappa shape index (κ1) is 8.19. The first-order valence-electron chi connectivity index (χ1n) is 2.47. The minimum atomic E-state index is -1.03. The molecule has 54 valence electrons. The van der Waals surface area contributed by atoms with Crippen molar-refractivity contribution < 1.29 is 9.90 Å². The highest BCUT2D eigenvalue weighted by Crippen LogP contribution is 1.83. The lowest BCUT2D eigenvalue weighted by molar-refractivity contribution is -0.00213. The average Bonchev–Trinajstić information content (AvgIpc) is 1.64. The predicted octanol–water partition coefficient (Wildman–Crippen LogP) is -0.423. The maximum Gasteiger partial charge on any atom is 0.437 e. The van der Waals surface area contributed by atoms with E-state index >= 15 is 0 Å². The summed E-state index contributed by atoms with van der Waals surface area (Å²) in [6.07, 6.45) is -1.03. The molecule has 0 aliphatic rings. The van der Waals surface area contributed by atoms with Crippen molar-refractivity contribution in [2.75, 3.05) is 21.1 Å². The number of hydrogen-bond acceptors (Lipinski definition) is 3. The summed E-state index contributed by atoms with van der Waals surface area (Å²) in [6.45, 7) is 0. The van der Waals surface area contributed by atoms with Crippen LogP contribution in [0.2, 0.25) is 0 Å². The van der Waals surface area contributed by atoms with Gasteiger partial charge in [-0.2, -0.15) is 5.12 Å². The Kier molecular flexibility index (Phi) is 2.97. The molecule has 0 fully saturated rings. The molecule has 0 aromatic carbocycles. The van der Waals surface area contributed by atoms with Gasteiger partial charge in [0.1, 0.15) is 0 Å². The normalized spacial score (nSPS) is 9.78. The zero-order valence-electron chi connectivity index (χ0n) is 5.75. The highest BCUT2D eigenvalue weighted by atomic mass is 16.4. The van der Waals surface area contributed by atoms with Crippen molar-refractivity contribution >= 4 is 6.09 Å². The van der Waals surface area contributed by atoms with Gasteiger partial charge in [0.25, 0.3) is 0 Å². The molecule has 0 aromatic heterocycles. The summed E-state index contributed by atoms with van der Waals surface area (Å²) < 4.78 is 0. The van der Waals surface area contributed by atoms with Crippen LogP contribution in [-0.4, -0.2) is 42.5 Å².